The highest BCUT2D eigenvalue weighted by atomic mass is 35.5. The van der Waals surface area contributed by atoms with Crippen molar-refractivity contribution in [1.29, 1.82) is 0 Å². The van der Waals surface area contributed by atoms with Gasteiger partial charge in [0.25, 0.3) is 0 Å². The van der Waals surface area contributed by atoms with Crippen molar-refractivity contribution < 1.29 is 8.78 Å². The lowest BCUT2D eigenvalue weighted by Gasteiger charge is -2.21. The van der Waals surface area contributed by atoms with E-state index in [1.54, 1.807) is 0 Å². The maximum Gasteiger partial charge on any atom is 0.126 e. The molecule has 2 aromatic rings. The molecule has 2 aromatic carbocycles. The lowest BCUT2D eigenvalue weighted by Crippen LogP contribution is -2.22. The molecule has 0 aliphatic carbocycles. The van der Waals surface area contributed by atoms with Crippen LogP contribution in [-0.2, 0) is 0 Å². The highest BCUT2D eigenvalue weighted by Crippen LogP contribution is 2.31. The van der Waals surface area contributed by atoms with Crippen LogP contribution < -0.4 is 5.32 Å². The van der Waals surface area contributed by atoms with E-state index in [2.05, 4.69) is 5.32 Å². The summed E-state index contributed by atoms with van der Waals surface area (Å²) in [6.07, 6.45) is 0. The van der Waals surface area contributed by atoms with E-state index >= 15 is 0 Å². The summed E-state index contributed by atoms with van der Waals surface area (Å²) in [6, 6.07) is 8.84. The highest BCUT2D eigenvalue weighted by Gasteiger charge is 2.18. The number of hydrogen-bond donors (Lipinski definition) is 1. The number of nitrogens with one attached hydrogen (secondary N) is 1. The summed E-state index contributed by atoms with van der Waals surface area (Å²) in [6.45, 7) is 4.50. The first-order chi connectivity index (χ1) is 9.52. The lowest BCUT2D eigenvalue weighted by atomic mass is 9.97. The van der Waals surface area contributed by atoms with E-state index in [1.807, 2.05) is 32.0 Å². The van der Waals surface area contributed by atoms with Crippen molar-refractivity contribution in [3.63, 3.8) is 0 Å². The second-order valence-electron chi connectivity index (χ2n) is 4.67. The van der Waals surface area contributed by atoms with Crippen LogP contribution in [0.1, 0.15) is 29.7 Å². The summed E-state index contributed by atoms with van der Waals surface area (Å²) < 4.78 is 26.8. The van der Waals surface area contributed by atoms with E-state index in [0.29, 0.717) is 17.1 Å². The van der Waals surface area contributed by atoms with Crippen molar-refractivity contribution in [1.82, 2.24) is 5.32 Å². The molecule has 0 aliphatic rings. The smallest absolute Gasteiger partial charge is 0.126 e. The minimum absolute atomic E-state index is 0.336. The van der Waals surface area contributed by atoms with Crippen molar-refractivity contribution in [2.75, 3.05) is 6.54 Å². The fourth-order valence-electron chi connectivity index (χ4n) is 2.25. The molecular formula is C16H16ClF2N. The highest BCUT2D eigenvalue weighted by molar-refractivity contribution is 6.32. The minimum Gasteiger partial charge on any atom is -0.306 e. The van der Waals surface area contributed by atoms with Crippen LogP contribution in [0.15, 0.2) is 36.4 Å². The second-order valence-corrected chi connectivity index (χ2v) is 5.05. The number of halogens is 3. The van der Waals surface area contributed by atoms with Crippen LogP contribution >= 0.6 is 11.6 Å². The van der Waals surface area contributed by atoms with Crippen molar-refractivity contribution in [3.05, 3.63) is 69.7 Å². The van der Waals surface area contributed by atoms with Gasteiger partial charge in [-0.25, -0.2) is 8.78 Å². The molecule has 0 fully saturated rings. The van der Waals surface area contributed by atoms with E-state index in [1.165, 1.54) is 12.1 Å². The lowest BCUT2D eigenvalue weighted by molar-refractivity contribution is 0.565. The molecule has 1 unspecified atom stereocenters. The molecule has 0 saturated carbocycles. The first kappa shape index (κ1) is 14.9. The van der Waals surface area contributed by atoms with Gasteiger partial charge >= 0.3 is 0 Å². The van der Waals surface area contributed by atoms with Crippen molar-refractivity contribution >= 4 is 11.6 Å². The molecule has 0 spiro atoms. The van der Waals surface area contributed by atoms with Crippen LogP contribution in [-0.4, -0.2) is 6.54 Å². The Kier molecular flexibility index (Phi) is 4.73. The molecule has 0 aliphatic heterocycles. The Morgan fingerprint density at radius 1 is 1.15 bits per heavy atom. The molecule has 1 nitrogen and oxygen atoms in total. The maximum atomic E-state index is 13.4. The van der Waals surface area contributed by atoms with Gasteiger partial charge in [-0.05, 0) is 42.3 Å². The van der Waals surface area contributed by atoms with Gasteiger partial charge in [0.1, 0.15) is 11.6 Å². The molecule has 0 amide bonds. The zero-order valence-electron chi connectivity index (χ0n) is 11.4. The minimum atomic E-state index is -0.591. The third-order valence-corrected chi connectivity index (χ3v) is 3.68. The summed E-state index contributed by atoms with van der Waals surface area (Å²) in [5, 5.41) is 3.83. The Bertz CT molecular complexity index is 593. The monoisotopic (exact) mass is 295 g/mol. The Morgan fingerprint density at radius 3 is 2.40 bits per heavy atom. The van der Waals surface area contributed by atoms with Crippen molar-refractivity contribution in [3.8, 4) is 0 Å². The first-order valence-corrected chi connectivity index (χ1v) is 6.85. The van der Waals surface area contributed by atoms with E-state index in [9.17, 15) is 8.78 Å². The van der Waals surface area contributed by atoms with Crippen molar-refractivity contribution in [2.24, 2.45) is 0 Å². The molecule has 1 atom stereocenters. The maximum absolute atomic E-state index is 13.4. The average molecular weight is 296 g/mol. The zero-order chi connectivity index (χ0) is 14.7. The molecule has 1 N–H and O–H groups in total. The van der Waals surface area contributed by atoms with E-state index in [4.69, 9.17) is 11.6 Å². The molecule has 0 bridgehead atoms. The molecule has 2 rings (SSSR count). The molecule has 0 heterocycles. The number of benzene rings is 2. The van der Waals surface area contributed by atoms with Crippen LogP contribution in [0.3, 0.4) is 0 Å². The second kappa shape index (κ2) is 6.33. The summed E-state index contributed by atoms with van der Waals surface area (Å²) in [4.78, 5) is 0. The summed E-state index contributed by atoms with van der Waals surface area (Å²) in [7, 11) is 0. The number of aryl methyl sites for hydroxylation is 1. The van der Waals surface area contributed by atoms with Gasteiger partial charge < -0.3 is 5.32 Å². The predicted molar refractivity (Wildman–Crippen MR) is 78.1 cm³/mol. The van der Waals surface area contributed by atoms with Gasteiger partial charge in [-0.1, -0.05) is 36.7 Å². The third-order valence-electron chi connectivity index (χ3n) is 3.16. The van der Waals surface area contributed by atoms with E-state index < -0.39 is 11.6 Å². The first-order valence-electron chi connectivity index (χ1n) is 6.47. The SMILES string of the molecule is CCNC(c1cc(F)cc(F)c1)c1cccc(C)c1Cl. The molecule has 4 heteroatoms. The van der Waals surface area contributed by atoms with E-state index in [-0.39, 0.29) is 6.04 Å². The molecule has 0 radical (unpaired) electrons. The van der Waals surface area contributed by atoms with Gasteiger partial charge in [-0.15, -0.1) is 0 Å². The Hall–Kier alpha value is -1.45. The number of hydrogen-bond acceptors (Lipinski definition) is 1. The van der Waals surface area contributed by atoms with Gasteiger partial charge in [0.2, 0.25) is 0 Å². The number of rotatable bonds is 4. The largest absolute Gasteiger partial charge is 0.306 e. The molecule has 106 valence electrons. The van der Waals surface area contributed by atoms with Gasteiger partial charge in [0, 0.05) is 11.1 Å². The fraction of sp³-hybridized carbons (Fsp3) is 0.250. The summed E-state index contributed by atoms with van der Waals surface area (Å²) in [5.41, 5.74) is 2.28. The topological polar surface area (TPSA) is 12.0 Å². The Balaban J connectivity index is 2.53. The summed E-state index contributed by atoms with van der Waals surface area (Å²) >= 11 is 6.33. The van der Waals surface area contributed by atoms with Crippen LogP contribution in [0.4, 0.5) is 8.78 Å². The van der Waals surface area contributed by atoms with E-state index in [0.717, 1.165) is 17.2 Å². The van der Waals surface area contributed by atoms with Crippen LogP contribution in [0, 0.1) is 18.6 Å². The van der Waals surface area contributed by atoms with Crippen LogP contribution in [0.2, 0.25) is 5.02 Å². The predicted octanol–water partition coefficient (Wildman–Crippen LogP) is 4.63. The van der Waals surface area contributed by atoms with Gasteiger partial charge in [0.05, 0.1) is 6.04 Å². The fourth-order valence-corrected chi connectivity index (χ4v) is 2.48. The third kappa shape index (κ3) is 3.17. The van der Waals surface area contributed by atoms with Crippen molar-refractivity contribution in [2.45, 2.75) is 19.9 Å². The van der Waals surface area contributed by atoms with Gasteiger partial charge in [0.15, 0.2) is 0 Å². The van der Waals surface area contributed by atoms with Crippen LogP contribution in [0.5, 0.6) is 0 Å². The molecule has 20 heavy (non-hydrogen) atoms. The summed E-state index contributed by atoms with van der Waals surface area (Å²) in [5.74, 6) is -1.18. The van der Waals surface area contributed by atoms with Gasteiger partial charge in [-0.2, -0.15) is 0 Å². The normalized spacial score (nSPS) is 12.4. The molecule has 0 aromatic heterocycles. The Labute approximate surface area is 122 Å². The average Bonchev–Trinajstić information content (AvgIpc) is 2.38. The quantitative estimate of drug-likeness (QED) is 0.867. The zero-order valence-corrected chi connectivity index (χ0v) is 12.1. The molecule has 0 saturated heterocycles. The Morgan fingerprint density at radius 2 is 1.80 bits per heavy atom. The molecular weight excluding hydrogens is 280 g/mol. The van der Waals surface area contributed by atoms with Crippen LogP contribution in [0.25, 0.3) is 0 Å². The van der Waals surface area contributed by atoms with Gasteiger partial charge in [-0.3, -0.25) is 0 Å². The standard InChI is InChI=1S/C16H16ClF2N/c1-3-20-16(11-7-12(18)9-13(19)8-11)14-6-4-5-10(2)15(14)17/h4-9,16,20H,3H2,1-2H3.